The Morgan fingerprint density at radius 1 is 1.39 bits per heavy atom. The Kier molecular flexibility index (Phi) is 4.76. The van der Waals surface area contributed by atoms with E-state index in [2.05, 4.69) is 36.1 Å². The molecular formula is C12H21ClN4O. The van der Waals surface area contributed by atoms with E-state index in [1.807, 2.05) is 0 Å². The molecule has 1 aromatic heterocycles. The zero-order valence-electron chi connectivity index (χ0n) is 11.3. The number of aliphatic hydroxyl groups excluding tert-OH is 1. The lowest BCUT2D eigenvalue weighted by Crippen LogP contribution is -2.35. The minimum atomic E-state index is -0.0273. The summed E-state index contributed by atoms with van der Waals surface area (Å²) in [4.78, 5) is 8.09. The van der Waals surface area contributed by atoms with E-state index >= 15 is 0 Å². The Labute approximate surface area is 113 Å². The van der Waals surface area contributed by atoms with E-state index in [9.17, 15) is 0 Å². The molecule has 1 rings (SSSR count). The molecule has 0 saturated carbocycles. The van der Waals surface area contributed by atoms with E-state index in [1.165, 1.54) is 0 Å². The van der Waals surface area contributed by atoms with Crippen LogP contribution in [-0.4, -0.2) is 27.7 Å². The molecule has 0 saturated heterocycles. The average molecular weight is 273 g/mol. The van der Waals surface area contributed by atoms with Crippen LogP contribution >= 0.6 is 11.6 Å². The van der Waals surface area contributed by atoms with Gasteiger partial charge in [0.15, 0.2) is 5.82 Å². The molecule has 4 N–H and O–H groups in total. The molecule has 102 valence electrons. The Balaban J connectivity index is 3.01. The third-order valence-corrected chi connectivity index (χ3v) is 3.05. The van der Waals surface area contributed by atoms with Crippen molar-refractivity contribution in [1.82, 2.24) is 9.97 Å². The van der Waals surface area contributed by atoms with Crippen molar-refractivity contribution in [3.63, 3.8) is 0 Å². The summed E-state index contributed by atoms with van der Waals surface area (Å²) >= 11 is 5.83. The van der Waals surface area contributed by atoms with Gasteiger partial charge in [-0.05, 0) is 30.4 Å². The van der Waals surface area contributed by atoms with Crippen molar-refractivity contribution in [2.75, 3.05) is 17.7 Å². The quantitative estimate of drug-likeness (QED) is 0.732. The first-order valence-corrected chi connectivity index (χ1v) is 6.30. The molecule has 0 aliphatic heterocycles. The molecule has 1 unspecified atom stereocenters. The highest BCUT2D eigenvalue weighted by molar-refractivity contribution is 6.28. The number of halogens is 1. The molecule has 5 nitrogen and oxygen atoms in total. The number of rotatable bonds is 4. The predicted molar refractivity (Wildman–Crippen MR) is 74.8 cm³/mol. The van der Waals surface area contributed by atoms with Gasteiger partial charge in [-0.1, -0.05) is 20.8 Å². The van der Waals surface area contributed by atoms with Gasteiger partial charge in [0.25, 0.3) is 0 Å². The summed E-state index contributed by atoms with van der Waals surface area (Å²) in [5, 5.41) is 12.5. The molecule has 0 aliphatic rings. The normalized spacial score (nSPS) is 13.4. The van der Waals surface area contributed by atoms with Gasteiger partial charge in [0.05, 0.1) is 11.4 Å². The Morgan fingerprint density at radius 3 is 2.50 bits per heavy atom. The van der Waals surface area contributed by atoms with Crippen molar-refractivity contribution in [3.8, 4) is 0 Å². The molecule has 0 aromatic carbocycles. The second-order valence-electron chi connectivity index (χ2n) is 5.42. The van der Waals surface area contributed by atoms with Crippen LogP contribution in [0.5, 0.6) is 0 Å². The second-order valence-corrected chi connectivity index (χ2v) is 5.75. The number of aryl methyl sites for hydroxylation is 1. The van der Waals surface area contributed by atoms with Crippen LogP contribution in [-0.2, 0) is 0 Å². The molecule has 0 fully saturated rings. The molecular weight excluding hydrogens is 252 g/mol. The van der Waals surface area contributed by atoms with Crippen LogP contribution in [0.4, 0.5) is 11.5 Å². The van der Waals surface area contributed by atoms with Gasteiger partial charge in [0.1, 0.15) is 0 Å². The van der Waals surface area contributed by atoms with Crippen LogP contribution in [0.15, 0.2) is 0 Å². The first-order chi connectivity index (χ1) is 8.25. The molecule has 0 bridgehead atoms. The van der Waals surface area contributed by atoms with E-state index < -0.39 is 0 Å². The first-order valence-electron chi connectivity index (χ1n) is 5.92. The van der Waals surface area contributed by atoms with Crippen molar-refractivity contribution in [3.05, 3.63) is 11.0 Å². The fraction of sp³-hybridized carbons (Fsp3) is 0.667. The average Bonchev–Trinajstić information content (AvgIpc) is 2.23. The monoisotopic (exact) mass is 272 g/mol. The summed E-state index contributed by atoms with van der Waals surface area (Å²) in [6.45, 7) is 8.16. The molecule has 1 atom stereocenters. The van der Waals surface area contributed by atoms with Crippen LogP contribution in [0.25, 0.3) is 0 Å². The minimum Gasteiger partial charge on any atom is -0.396 e. The van der Waals surface area contributed by atoms with Crippen molar-refractivity contribution < 1.29 is 5.11 Å². The Bertz CT molecular complexity index is 417. The molecule has 0 aliphatic carbocycles. The van der Waals surface area contributed by atoms with Crippen LogP contribution in [0.1, 0.15) is 32.9 Å². The SMILES string of the molecule is Cc1nc(Cl)nc(NC(CCO)C(C)(C)C)c1N. The Morgan fingerprint density at radius 2 is 2.00 bits per heavy atom. The topological polar surface area (TPSA) is 84.1 Å². The van der Waals surface area contributed by atoms with Gasteiger partial charge in [0, 0.05) is 12.6 Å². The number of hydrogen-bond acceptors (Lipinski definition) is 5. The number of nitrogens with zero attached hydrogens (tertiary/aromatic N) is 2. The highest BCUT2D eigenvalue weighted by Crippen LogP contribution is 2.28. The molecule has 6 heteroatoms. The molecule has 1 heterocycles. The number of nitrogens with one attached hydrogen (secondary N) is 1. The molecule has 0 radical (unpaired) electrons. The number of aliphatic hydroxyl groups is 1. The Hall–Kier alpha value is -1.07. The van der Waals surface area contributed by atoms with Gasteiger partial charge in [-0.2, -0.15) is 4.98 Å². The lowest BCUT2D eigenvalue weighted by Gasteiger charge is -2.32. The lowest BCUT2D eigenvalue weighted by molar-refractivity contribution is 0.235. The highest BCUT2D eigenvalue weighted by atomic mass is 35.5. The first kappa shape index (κ1) is 15.0. The van der Waals surface area contributed by atoms with Gasteiger partial charge in [-0.3, -0.25) is 0 Å². The lowest BCUT2D eigenvalue weighted by atomic mass is 9.85. The van der Waals surface area contributed by atoms with E-state index in [1.54, 1.807) is 6.92 Å². The van der Waals surface area contributed by atoms with Crippen LogP contribution in [0.3, 0.4) is 0 Å². The van der Waals surface area contributed by atoms with Gasteiger partial charge in [-0.15, -0.1) is 0 Å². The van der Waals surface area contributed by atoms with Gasteiger partial charge in [-0.25, -0.2) is 4.98 Å². The highest BCUT2D eigenvalue weighted by Gasteiger charge is 2.25. The molecule has 1 aromatic rings. The summed E-state index contributed by atoms with van der Waals surface area (Å²) in [7, 11) is 0. The third kappa shape index (κ3) is 3.71. The summed E-state index contributed by atoms with van der Waals surface area (Å²) in [6, 6.07) is 0.0511. The maximum Gasteiger partial charge on any atom is 0.224 e. The summed E-state index contributed by atoms with van der Waals surface area (Å²) in [5.41, 5.74) is 7.04. The second kappa shape index (κ2) is 5.71. The standard InChI is InChI=1S/C12H21ClN4O/c1-7-9(14)10(17-11(13)15-7)16-8(5-6-18)12(2,3)4/h8,18H,5-6,14H2,1-4H3,(H,15,16,17). The van der Waals surface area contributed by atoms with Crippen molar-refractivity contribution in [2.45, 2.75) is 40.2 Å². The maximum atomic E-state index is 9.13. The van der Waals surface area contributed by atoms with Gasteiger partial charge < -0.3 is 16.2 Å². The number of aromatic nitrogens is 2. The van der Waals surface area contributed by atoms with Crippen LogP contribution in [0, 0.1) is 12.3 Å². The largest absolute Gasteiger partial charge is 0.396 e. The fourth-order valence-electron chi connectivity index (χ4n) is 1.67. The summed E-state index contributed by atoms with van der Waals surface area (Å²) in [6.07, 6.45) is 0.615. The molecule has 0 amide bonds. The number of nitrogens with two attached hydrogens (primary N) is 1. The van der Waals surface area contributed by atoms with E-state index in [-0.39, 0.29) is 23.3 Å². The van der Waals surface area contributed by atoms with E-state index in [0.29, 0.717) is 23.6 Å². The maximum absolute atomic E-state index is 9.13. The van der Waals surface area contributed by atoms with Crippen molar-refractivity contribution in [2.24, 2.45) is 5.41 Å². The van der Waals surface area contributed by atoms with Crippen LogP contribution in [0.2, 0.25) is 5.28 Å². The summed E-state index contributed by atoms with van der Waals surface area (Å²) < 4.78 is 0. The zero-order valence-corrected chi connectivity index (χ0v) is 12.0. The molecule has 18 heavy (non-hydrogen) atoms. The molecule has 0 spiro atoms. The fourth-order valence-corrected chi connectivity index (χ4v) is 1.88. The summed E-state index contributed by atoms with van der Waals surface area (Å²) in [5.74, 6) is 0.529. The number of hydrogen-bond donors (Lipinski definition) is 3. The van der Waals surface area contributed by atoms with Gasteiger partial charge in [0.2, 0.25) is 5.28 Å². The zero-order chi connectivity index (χ0) is 13.9. The van der Waals surface area contributed by atoms with E-state index in [0.717, 1.165) is 0 Å². The number of anilines is 2. The minimum absolute atomic E-state index is 0.0273. The van der Waals surface area contributed by atoms with Crippen LogP contribution < -0.4 is 11.1 Å². The van der Waals surface area contributed by atoms with Crippen molar-refractivity contribution in [1.29, 1.82) is 0 Å². The van der Waals surface area contributed by atoms with Gasteiger partial charge >= 0.3 is 0 Å². The van der Waals surface area contributed by atoms with Crippen molar-refractivity contribution >= 4 is 23.1 Å². The predicted octanol–water partition coefficient (Wildman–Crippen LogP) is 2.23. The number of nitrogen functional groups attached to an aromatic ring is 1. The third-order valence-electron chi connectivity index (χ3n) is 2.88. The smallest absolute Gasteiger partial charge is 0.224 e. The van der Waals surface area contributed by atoms with E-state index in [4.69, 9.17) is 22.4 Å².